The Labute approximate surface area is 226 Å². The molecule has 0 spiro atoms. The van der Waals surface area contributed by atoms with E-state index in [4.69, 9.17) is 0 Å². The maximum atomic E-state index is 13.2. The quantitative estimate of drug-likeness (QED) is 0.404. The molecule has 2 aliphatic rings. The third-order valence-electron chi connectivity index (χ3n) is 6.95. The third-order valence-corrected chi connectivity index (χ3v) is 8.02. The Kier molecular flexibility index (Phi) is 10.6. The molecule has 0 radical (unpaired) electrons. The number of nitrogens with one attached hydrogen (secondary N) is 2. The highest BCUT2D eigenvalue weighted by Crippen LogP contribution is 2.34. The van der Waals surface area contributed by atoms with E-state index in [1.165, 1.54) is 5.57 Å². The van der Waals surface area contributed by atoms with Crippen molar-refractivity contribution >= 4 is 23.2 Å². The highest BCUT2D eigenvalue weighted by Gasteiger charge is 2.33. The van der Waals surface area contributed by atoms with Crippen molar-refractivity contribution < 1.29 is 9.59 Å². The molecule has 2 fully saturated rings. The lowest BCUT2D eigenvalue weighted by Gasteiger charge is -2.40. The maximum Gasteiger partial charge on any atom is 0.254 e. The average molecular weight is 523 g/mol. The standard InChI is InChI=1S/C22H28N4O2S.C8H14/c1-15-14-29-20(25-15)18-7-4-12-26(18)21(28)17-6-3-5-16(13-17)19(27)23-10-8-22(2)9-11-24-22;1-4-6-8(3)7-5-2/h3,5-6,13-14,18,24H,4,7-12H2,1-2H3,(H,23,27);4,6-7H,5H2,1-3H3/b;6-4-,8-7-. The normalized spacial score (nSPS) is 21.4. The number of rotatable bonds is 8. The monoisotopic (exact) mass is 522 g/mol. The molecule has 0 aliphatic carbocycles. The summed E-state index contributed by atoms with van der Waals surface area (Å²) in [5.41, 5.74) is 3.59. The van der Waals surface area contributed by atoms with E-state index < -0.39 is 0 Å². The van der Waals surface area contributed by atoms with Gasteiger partial charge in [-0.05, 0) is 84.5 Å². The molecule has 2 amide bonds. The van der Waals surface area contributed by atoms with Crippen molar-refractivity contribution in [2.24, 2.45) is 0 Å². The first-order valence-electron chi connectivity index (χ1n) is 13.4. The molecule has 1 aromatic heterocycles. The molecule has 4 rings (SSSR count). The number of aromatic nitrogens is 1. The van der Waals surface area contributed by atoms with Gasteiger partial charge in [0.15, 0.2) is 0 Å². The summed E-state index contributed by atoms with van der Waals surface area (Å²) in [5, 5.41) is 9.42. The Bertz CT molecular complexity index is 1120. The SMILES string of the molecule is C/C=C\C(C)=C/CC.Cc1csc(C2CCCN2C(=O)c2cccc(C(=O)NCCC3(C)CCN3)c2)n1. The van der Waals surface area contributed by atoms with Gasteiger partial charge in [0.2, 0.25) is 0 Å². The van der Waals surface area contributed by atoms with Crippen molar-refractivity contribution in [2.75, 3.05) is 19.6 Å². The van der Waals surface area contributed by atoms with Crippen molar-refractivity contribution in [1.29, 1.82) is 0 Å². The fraction of sp³-hybridized carbons (Fsp3) is 0.500. The van der Waals surface area contributed by atoms with Gasteiger partial charge in [-0.2, -0.15) is 0 Å². The Balaban J connectivity index is 0.000000414. The predicted molar refractivity (Wildman–Crippen MR) is 153 cm³/mol. The highest BCUT2D eigenvalue weighted by atomic mass is 32.1. The fourth-order valence-electron chi connectivity index (χ4n) is 4.72. The van der Waals surface area contributed by atoms with Crippen LogP contribution >= 0.6 is 11.3 Å². The van der Waals surface area contributed by atoms with Gasteiger partial charge in [-0.25, -0.2) is 4.98 Å². The van der Waals surface area contributed by atoms with Gasteiger partial charge in [0, 0.05) is 40.8 Å². The number of aryl methyl sites for hydroxylation is 1. The summed E-state index contributed by atoms with van der Waals surface area (Å²) in [4.78, 5) is 32.2. The van der Waals surface area contributed by atoms with Crippen LogP contribution in [0.5, 0.6) is 0 Å². The predicted octanol–water partition coefficient (Wildman–Crippen LogP) is 6.22. The minimum Gasteiger partial charge on any atom is -0.352 e. The molecule has 3 heterocycles. The van der Waals surface area contributed by atoms with E-state index in [9.17, 15) is 9.59 Å². The van der Waals surface area contributed by atoms with Crippen molar-refractivity contribution in [3.05, 3.63) is 75.3 Å². The van der Waals surface area contributed by atoms with Crippen molar-refractivity contribution in [3.63, 3.8) is 0 Å². The number of benzene rings is 1. The molecule has 37 heavy (non-hydrogen) atoms. The summed E-state index contributed by atoms with van der Waals surface area (Å²) in [6.45, 7) is 12.8. The van der Waals surface area contributed by atoms with Crippen LogP contribution in [0.2, 0.25) is 0 Å². The van der Waals surface area contributed by atoms with E-state index >= 15 is 0 Å². The smallest absolute Gasteiger partial charge is 0.254 e. The number of allylic oxidation sites excluding steroid dienone is 4. The second-order valence-corrected chi connectivity index (χ2v) is 11.1. The van der Waals surface area contributed by atoms with Crippen molar-refractivity contribution in [3.8, 4) is 0 Å². The first-order chi connectivity index (χ1) is 17.8. The molecule has 2 aliphatic heterocycles. The minimum absolute atomic E-state index is 0.0267. The zero-order valence-corrected chi connectivity index (χ0v) is 23.8. The summed E-state index contributed by atoms with van der Waals surface area (Å²) in [7, 11) is 0. The van der Waals surface area contributed by atoms with E-state index in [1.54, 1.807) is 35.6 Å². The zero-order valence-electron chi connectivity index (χ0n) is 23.0. The fourth-order valence-corrected chi connectivity index (χ4v) is 5.67. The van der Waals surface area contributed by atoms with Gasteiger partial charge in [-0.15, -0.1) is 11.3 Å². The number of likely N-dealkylation sites (tertiary alicyclic amines) is 1. The molecule has 0 saturated carbocycles. The second-order valence-electron chi connectivity index (χ2n) is 10.2. The van der Waals surface area contributed by atoms with E-state index in [-0.39, 0.29) is 23.4 Å². The second kappa shape index (κ2) is 13.7. The number of hydrogen-bond acceptors (Lipinski definition) is 5. The summed E-state index contributed by atoms with van der Waals surface area (Å²) in [6, 6.07) is 7.09. The highest BCUT2D eigenvalue weighted by molar-refractivity contribution is 7.09. The molecule has 2 aromatic rings. The first-order valence-corrected chi connectivity index (χ1v) is 14.3. The average Bonchev–Trinajstić information content (AvgIpc) is 3.52. The zero-order chi connectivity index (χ0) is 26.8. The summed E-state index contributed by atoms with van der Waals surface area (Å²) < 4.78 is 0. The molecule has 6 nitrogen and oxygen atoms in total. The van der Waals surface area contributed by atoms with E-state index in [2.05, 4.69) is 54.6 Å². The van der Waals surface area contributed by atoms with Crippen LogP contribution in [0.15, 0.2) is 53.4 Å². The molecular weight excluding hydrogens is 480 g/mol. The topological polar surface area (TPSA) is 74.3 Å². The van der Waals surface area contributed by atoms with Crippen LogP contribution in [0.1, 0.15) is 97.3 Å². The van der Waals surface area contributed by atoms with Gasteiger partial charge in [-0.1, -0.05) is 36.8 Å². The van der Waals surface area contributed by atoms with Crippen molar-refractivity contribution in [1.82, 2.24) is 20.5 Å². The first kappa shape index (κ1) is 28.8. The molecule has 0 bridgehead atoms. The van der Waals surface area contributed by atoms with Crippen LogP contribution in [-0.4, -0.2) is 46.9 Å². The van der Waals surface area contributed by atoms with E-state index in [1.807, 2.05) is 24.1 Å². The number of amides is 2. The molecule has 2 unspecified atom stereocenters. The lowest BCUT2D eigenvalue weighted by molar-refractivity contribution is 0.0735. The van der Waals surface area contributed by atoms with E-state index in [0.717, 1.165) is 55.9 Å². The summed E-state index contributed by atoms with van der Waals surface area (Å²) in [5.74, 6) is -0.155. The number of carbonyl (C=O) groups is 2. The van der Waals surface area contributed by atoms with Crippen LogP contribution in [0.25, 0.3) is 0 Å². The Morgan fingerprint density at radius 3 is 2.70 bits per heavy atom. The number of thiazole rings is 1. The molecule has 2 N–H and O–H groups in total. The van der Waals surface area contributed by atoms with Gasteiger partial charge in [0.1, 0.15) is 5.01 Å². The van der Waals surface area contributed by atoms with Gasteiger partial charge in [0.25, 0.3) is 11.8 Å². The molecule has 7 heteroatoms. The molecule has 200 valence electrons. The Morgan fingerprint density at radius 2 is 2.08 bits per heavy atom. The van der Waals surface area contributed by atoms with Gasteiger partial charge < -0.3 is 15.5 Å². The Morgan fingerprint density at radius 1 is 1.32 bits per heavy atom. The van der Waals surface area contributed by atoms with Crippen molar-refractivity contribution in [2.45, 2.75) is 78.3 Å². The molecular formula is C30H42N4O2S. The number of hydrogen-bond donors (Lipinski definition) is 2. The molecule has 2 atom stereocenters. The van der Waals surface area contributed by atoms with Crippen LogP contribution in [0.3, 0.4) is 0 Å². The molecule has 1 aromatic carbocycles. The largest absolute Gasteiger partial charge is 0.352 e. The van der Waals surface area contributed by atoms with Gasteiger partial charge in [-0.3, -0.25) is 9.59 Å². The van der Waals surface area contributed by atoms with Gasteiger partial charge >= 0.3 is 0 Å². The number of carbonyl (C=O) groups excluding carboxylic acids is 2. The maximum absolute atomic E-state index is 13.2. The minimum atomic E-state index is -0.129. The Hall–Kier alpha value is -2.77. The van der Waals surface area contributed by atoms with Crippen LogP contribution in [-0.2, 0) is 0 Å². The van der Waals surface area contributed by atoms with Crippen LogP contribution < -0.4 is 10.6 Å². The van der Waals surface area contributed by atoms with E-state index in [0.29, 0.717) is 17.7 Å². The third kappa shape index (κ3) is 8.11. The lowest BCUT2D eigenvalue weighted by Crippen LogP contribution is -2.55. The summed E-state index contributed by atoms with van der Waals surface area (Å²) >= 11 is 1.61. The van der Waals surface area contributed by atoms with Crippen LogP contribution in [0, 0.1) is 6.92 Å². The molecule has 2 saturated heterocycles. The lowest BCUT2D eigenvalue weighted by atomic mass is 9.87. The number of nitrogens with zero attached hydrogens (tertiary/aromatic N) is 2. The van der Waals surface area contributed by atoms with Crippen LogP contribution in [0.4, 0.5) is 0 Å². The summed E-state index contributed by atoms with van der Waals surface area (Å²) in [6.07, 6.45) is 11.5. The van der Waals surface area contributed by atoms with Gasteiger partial charge in [0.05, 0.1) is 6.04 Å².